The molecule has 0 amide bonds. The van der Waals surface area contributed by atoms with E-state index in [0.717, 1.165) is 25.2 Å². The molecule has 4 nitrogen and oxygen atoms in total. The highest BCUT2D eigenvalue weighted by Gasteiger charge is 2.21. The summed E-state index contributed by atoms with van der Waals surface area (Å²) in [6.45, 7) is 3.15. The van der Waals surface area contributed by atoms with Gasteiger partial charge in [-0.2, -0.15) is 0 Å². The highest BCUT2D eigenvalue weighted by atomic mass is 16.4. The number of aromatic carboxylic acids is 1. The number of aromatic nitrogens is 2. The lowest BCUT2D eigenvalue weighted by molar-refractivity contribution is 0.0697. The van der Waals surface area contributed by atoms with Crippen LogP contribution in [0.3, 0.4) is 0 Å². The van der Waals surface area contributed by atoms with Crippen molar-refractivity contribution in [3.05, 3.63) is 41.7 Å². The van der Waals surface area contributed by atoms with Crippen LogP contribution in [0.15, 0.2) is 30.5 Å². The molecule has 1 aliphatic heterocycles. The SMILES string of the molecule is CC1CCn2c(cnc2-c2ccccc2C(=O)O)C1. The lowest BCUT2D eigenvalue weighted by Gasteiger charge is -2.22. The van der Waals surface area contributed by atoms with Crippen LogP contribution in [0.1, 0.15) is 29.4 Å². The van der Waals surface area contributed by atoms with E-state index in [4.69, 9.17) is 0 Å². The minimum Gasteiger partial charge on any atom is -0.478 e. The fraction of sp³-hybridized carbons (Fsp3) is 0.333. The van der Waals surface area contributed by atoms with Gasteiger partial charge in [0.1, 0.15) is 5.82 Å². The third kappa shape index (κ3) is 2.03. The predicted octanol–water partition coefficient (Wildman–Crippen LogP) is 2.83. The molecule has 1 unspecified atom stereocenters. The zero-order chi connectivity index (χ0) is 13.4. The van der Waals surface area contributed by atoms with E-state index in [9.17, 15) is 9.90 Å². The predicted molar refractivity (Wildman–Crippen MR) is 72.1 cm³/mol. The molecular formula is C15H16N2O2. The normalized spacial score (nSPS) is 18.1. The zero-order valence-electron chi connectivity index (χ0n) is 10.8. The number of carboxylic acids is 1. The molecule has 0 saturated carbocycles. The summed E-state index contributed by atoms with van der Waals surface area (Å²) in [5.41, 5.74) is 2.22. The van der Waals surface area contributed by atoms with Crippen LogP contribution in [-0.2, 0) is 13.0 Å². The smallest absolute Gasteiger partial charge is 0.336 e. The molecule has 1 aromatic carbocycles. The fourth-order valence-corrected chi connectivity index (χ4v) is 2.71. The highest BCUT2D eigenvalue weighted by molar-refractivity contribution is 5.95. The van der Waals surface area contributed by atoms with Gasteiger partial charge in [-0.3, -0.25) is 0 Å². The first-order valence-corrected chi connectivity index (χ1v) is 6.54. The molecule has 98 valence electrons. The first-order valence-electron chi connectivity index (χ1n) is 6.54. The molecule has 0 saturated heterocycles. The number of hydrogen-bond donors (Lipinski definition) is 1. The Labute approximate surface area is 111 Å². The molecule has 1 N–H and O–H groups in total. The molecule has 1 aromatic heterocycles. The number of imidazole rings is 1. The van der Waals surface area contributed by atoms with E-state index < -0.39 is 5.97 Å². The Morgan fingerprint density at radius 3 is 3.00 bits per heavy atom. The van der Waals surface area contributed by atoms with Crippen LogP contribution in [0.5, 0.6) is 0 Å². The van der Waals surface area contributed by atoms with Crippen LogP contribution in [0.25, 0.3) is 11.4 Å². The summed E-state index contributed by atoms with van der Waals surface area (Å²) in [6, 6.07) is 7.06. The molecule has 0 spiro atoms. The quantitative estimate of drug-likeness (QED) is 0.898. The molecule has 0 radical (unpaired) electrons. The summed E-state index contributed by atoms with van der Waals surface area (Å²) in [6.07, 6.45) is 4.01. The third-order valence-corrected chi connectivity index (χ3v) is 3.74. The van der Waals surface area contributed by atoms with Crippen molar-refractivity contribution >= 4 is 5.97 Å². The van der Waals surface area contributed by atoms with E-state index in [1.807, 2.05) is 18.3 Å². The van der Waals surface area contributed by atoms with E-state index in [1.165, 1.54) is 5.69 Å². The van der Waals surface area contributed by atoms with Crippen LogP contribution in [-0.4, -0.2) is 20.6 Å². The van der Waals surface area contributed by atoms with Gasteiger partial charge in [0.25, 0.3) is 0 Å². The van der Waals surface area contributed by atoms with Gasteiger partial charge in [0.05, 0.1) is 5.56 Å². The fourth-order valence-electron chi connectivity index (χ4n) is 2.71. The molecule has 2 aromatic rings. The largest absolute Gasteiger partial charge is 0.478 e. The Morgan fingerprint density at radius 1 is 1.42 bits per heavy atom. The second-order valence-corrected chi connectivity index (χ2v) is 5.17. The van der Waals surface area contributed by atoms with Gasteiger partial charge in [-0.05, 0) is 24.8 Å². The maximum absolute atomic E-state index is 11.3. The van der Waals surface area contributed by atoms with Gasteiger partial charge in [0.2, 0.25) is 0 Å². The number of nitrogens with zero attached hydrogens (tertiary/aromatic N) is 2. The van der Waals surface area contributed by atoms with Crippen LogP contribution >= 0.6 is 0 Å². The van der Waals surface area contributed by atoms with Gasteiger partial charge in [-0.25, -0.2) is 9.78 Å². The van der Waals surface area contributed by atoms with Crippen LogP contribution in [0.4, 0.5) is 0 Å². The average molecular weight is 256 g/mol. The van der Waals surface area contributed by atoms with E-state index in [2.05, 4.69) is 16.5 Å². The van der Waals surface area contributed by atoms with E-state index in [0.29, 0.717) is 17.0 Å². The second-order valence-electron chi connectivity index (χ2n) is 5.17. The Morgan fingerprint density at radius 2 is 2.21 bits per heavy atom. The third-order valence-electron chi connectivity index (χ3n) is 3.74. The summed E-state index contributed by atoms with van der Waals surface area (Å²) in [7, 11) is 0. The maximum Gasteiger partial charge on any atom is 0.336 e. The van der Waals surface area contributed by atoms with Gasteiger partial charge in [0.15, 0.2) is 0 Å². The van der Waals surface area contributed by atoms with Crippen LogP contribution < -0.4 is 0 Å². The summed E-state index contributed by atoms with van der Waals surface area (Å²) in [4.78, 5) is 15.7. The Balaban J connectivity index is 2.11. The van der Waals surface area contributed by atoms with Crippen molar-refractivity contribution in [3.8, 4) is 11.4 Å². The van der Waals surface area contributed by atoms with Gasteiger partial charge in [0, 0.05) is 24.0 Å². The minimum absolute atomic E-state index is 0.314. The Bertz CT molecular complexity index is 631. The number of rotatable bonds is 2. The lowest BCUT2D eigenvalue weighted by Crippen LogP contribution is -2.17. The van der Waals surface area contributed by atoms with Gasteiger partial charge >= 0.3 is 5.97 Å². The molecule has 0 fully saturated rings. The molecule has 4 heteroatoms. The van der Waals surface area contributed by atoms with Gasteiger partial charge in [-0.1, -0.05) is 25.1 Å². The van der Waals surface area contributed by atoms with Crippen molar-refractivity contribution in [1.29, 1.82) is 0 Å². The molecule has 19 heavy (non-hydrogen) atoms. The summed E-state index contributed by atoms with van der Waals surface area (Å²) >= 11 is 0. The van der Waals surface area contributed by atoms with Crippen molar-refractivity contribution in [3.63, 3.8) is 0 Å². The highest BCUT2D eigenvalue weighted by Crippen LogP contribution is 2.28. The molecule has 2 heterocycles. The Hall–Kier alpha value is -2.10. The maximum atomic E-state index is 11.3. The number of hydrogen-bond acceptors (Lipinski definition) is 2. The van der Waals surface area contributed by atoms with Crippen molar-refractivity contribution in [2.45, 2.75) is 26.3 Å². The number of carboxylic acid groups (broad SMARTS) is 1. The van der Waals surface area contributed by atoms with E-state index in [1.54, 1.807) is 12.1 Å². The summed E-state index contributed by atoms with van der Waals surface area (Å²) < 4.78 is 2.15. The summed E-state index contributed by atoms with van der Waals surface area (Å²) in [5, 5.41) is 9.27. The van der Waals surface area contributed by atoms with Crippen LogP contribution in [0, 0.1) is 5.92 Å². The first-order chi connectivity index (χ1) is 9.16. The lowest BCUT2D eigenvalue weighted by atomic mass is 9.98. The van der Waals surface area contributed by atoms with Crippen molar-refractivity contribution in [1.82, 2.24) is 9.55 Å². The van der Waals surface area contributed by atoms with Gasteiger partial charge in [-0.15, -0.1) is 0 Å². The summed E-state index contributed by atoms with van der Waals surface area (Å²) in [5.74, 6) is 0.545. The minimum atomic E-state index is -0.905. The van der Waals surface area contributed by atoms with E-state index >= 15 is 0 Å². The number of carbonyl (C=O) groups is 1. The van der Waals surface area contributed by atoms with Crippen molar-refractivity contribution in [2.24, 2.45) is 5.92 Å². The Kier molecular flexibility index (Phi) is 2.85. The first kappa shape index (κ1) is 12.0. The molecule has 0 bridgehead atoms. The zero-order valence-corrected chi connectivity index (χ0v) is 10.8. The molecule has 3 rings (SSSR count). The molecule has 1 aliphatic rings. The standard InChI is InChI=1S/C15H16N2O2/c1-10-6-7-17-11(8-10)9-16-14(17)12-4-2-3-5-13(12)15(18)19/h2-5,9-10H,6-8H2,1H3,(H,18,19). The monoisotopic (exact) mass is 256 g/mol. The van der Waals surface area contributed by atoms with Crippen LogP contribution in [0.2, 0.25) is 0 Å². The topological polar surface area (TPSA) is 55.1 Å². The number of benzene rings is 1. The average Bonchev–Trinajstić information content (AvgIpc) is 2.81. The van der Waals surface area contributed by atoms with Gasteiger partial charge < -0.3 is 9.67 Å². The molecule has 1 atom stereocenters. The second kappa shape index (κ2) is 4.53. The number of fused-ring (bicyclic) bond motifs is 1. The molecule has 0 aliphatic carbocycles. The molecular weight excluding hydrogens is 240 g/mol. The van der Waals surface area contributed by atoms with Crippen molar-refractivity contribution < 1.29 is 9.90 Å². The van der Waals surface area contributed by atoms with E-state index in [-0.39, 0.29) is 0 Å². The van der Waals surface area contributed by atoms with Crippen molar-refractivity contribution in [2.75, 3.05) is 0 Å².